The molecule has 0 saturated heterocycles. The van der Waals surface area contributed by atoms with Crippen molar-refractivity contribution in [1.29, 1.82) is 0 Å². The molecule has 0 aliphatic heterocycles. The molecule has 1 rings (SSSR count). The molecule has 0 bridgehead atoms. The van der Waals surface area contributed by atoms with Crippen LogP contribution in [0.4, 0.5) is 5.69 Å². The minimum atomic E-state index is -0.670. The number of hydrogen-bond donors (Lipinski definition) is 2. The fourth-order valence-electron chi connectivity index (χ4n) is 1.11. The van der Waals surface area contributed by atoms with Crippen LogP contribution in [-0.2, 0) is 9.53 Å². The van der Waals surface area contributed by atoms with Gasteiger partial charge in [-0.2, -0.15) is 0 Å². The van der Waals surface area contributed by atoms with Gasteiger partial charge in [-0.1, -0.05) is 15.9 Å². The molecule has 1 atom stereocenters. The first-order chi connectivity index (χ1) is 8.45. The number of aromatic amines is 1. The lowest BCUT2D eigenvalue weighted by atomic mass is 10.3. The molecule has 1 amide bonds. The van der Waals surface area contributed by atoms with Crippen LogP contribution in [0.2, 0.25) is 0 Å². The van der Waals surface area contributed by atoms with Crippen LogP contribution >= 0.6 is 15.9 Å². The Morgan fingerprint density at radius 3 is 2.83 bits per heavy atom. The van der Waals surface area contributed by atoms with Gasteiger partial charge >= 0.3 is 5.97 Å². The molecule has 0 aliphatic rings. The van der Waals surface area contributed by atoms with Crippen molar-refractivity contribution >= 4 is 33.5 Å². The average Bonchev–Trinajstić information content (AvgIpc) is 2.84. The van der Waals surface area contributed by atoms with Crippen LogP contribution in [0.5, 0.6) is 0 Å². The number of ether oxygens (including phenoxy) is 1. The zero-order valence-electron chi connectivity index (χ0n) is 9.31. The van der Waals surface area contributed by atoms with Gasteiger partial charge in [0.05, 0.1) is 18.2 Å². The molecule has 1 unspecified atom stereocenters. The largest absolute Gasteiger partial charge is 0.468 e. The second kappa shape index (κ2) is 6.15. The third-order valence-electron chi connectivity index (χ3n) is 2.02. The van der Waals surface area contributed by atoms with Crippen LogP contribution in [0.3, 0.4) is 0 Å². The van der Waals surface area contributed by atoms with E-state index in [-0.39, 0.29) is 17.9 Å². The predicted octanol–water partition coefficient (Wildman–Crippen LogP) is 0.589. The van der Waals surface area contributed by atoms with E-state index in [9.17, 15) is 19.7 Å². The molecular formula is C9H10BrN3O5. The zero-order chi connectivity index (χ0) is 13.7. The first kappa shape index (κ1) is 14.2. The number of H-pyrrole nitrogens is 1. The van der Waals surface area contributed by atoms with E-state index in [1.54, 1.807) is 0 Å². The smallest absolute Gasteiger partial charge is 0.321 e. The summed E-state index contributed by atoms with van der Waals surface area (Å²) in [5.41, 5.74) is -0.158. The highest BCUT2D eigenvalue weighted by Gasteiger charge is 2.18. The molecule has 8 nitrogen and oxygen atoms in total. The summed E-state index contributed by atoms with van der Waals surface area (Å²) in [6, 6.07) is 1.11. The van der Waals surface area contributed by atoms with Crippen molar-refractivity contribution in [3.63, 3.8) is 0 Å². The number of methoxy groups -OCH3 is 1. The van der Waals surface area contributed by atoms with Gasteiger partial charge in [-0.3, -0.25) is 19.7 Å². The van der Waals surface area contributed by atoms with Gasteiger partial charge in [-0.05, 0) is 0 Å². The van der Waals surface area contributed by atoms with Crippen molar-refractivity contribution in [1.82, 2.24) is 10.3 Å². The summed E-state index contributed by atoms with van der Waals surface area (Å²) in [5.74, 6) is -1.07. The summed E-state index contributed by atoms with van der Waals surface area (Å²) >= 11 is 3.03. The Labute approximate surface area is 110 Å². The number of alkyl halides is 1. The average molecular weight is 320 g/mol. The molecule has 98 valence electrons. The predicted molar refractivity (Wildman–Crippen MR) is 64.5 cm³/mol. The fourth-order valence-corrected chi connectivity index (χ4v) is 1.46. The van der Waals surface area contributed by atoms with E-state index in [4.69, 9.17) is 0 Å². The molecule has 1 aromatic rings. The maximum atomic E-state index is 11.6. The zero-order valence-corrected chi connectivity index (χ0v) is 10.9. The SMILES string of the molecule is COC(=O)C(Br)CNC(=O)c1cc([N+](=O)[O-])c[nH]1. The van der Waals surface area contributed by atoms with Crippen LogP contribution in [0.1, 0.15) is 10.5 Å². The lowest BCUT2D eigenvalue weighted by molar-refractivity contribution is -0.384. The van der Waals surface area contributed by atoms with Gasteiger partial charge in [0.1, 0.15) is 10.5 Å². The number of esters is 1. The number of carbonyl (C=O) groups excluding carboxylic acids is 2. The number of nitrogens with one attached hydrogen (secondary N) is 2. The number of aromatic nitrogens is 1. The highest BCUT2D eigenvalue weighted by atomic mass is 79.9. The first-order valence-corrected chi connectivity index (χ1v) is 5.70. The van der Waals surface area contributed by atoms with Crippen molar-refractivity contribution < 1.29 is 19.2 Å². The molecular weight excluding hydrogens is 310 g/mol. The van der Waals surface area contributed by atoms with E-state index in [0.717, 1.165) is 12.3 Å². The Bertz CT molecular complexity index is 473. The number of nitrogens with zero attached hydrogens (tertiary/aromatic N) is 1. The molecule has 0 fully saturated rings. The molecule has 1 heterocycles. The van der Waals surface area contributed by atoms with Gasteiger partial charge < -0.3 is 15.0 Å². The number of nitro groups is 1. The summed E-state index contributed by atoms with van der Waals surface area (Å²) in [6.45, 7) is 0.0122. The van der Waals surface area contributed by atoms with E-state index in [1.807, 2.05) is 0 Å². The van der Waals surface area contributed by atoms with Crippen molar-refractivity contribution in [3.8, 4) is 0 Å². The Morgan fingerprint density at radius 1 is 1.67 bits per heavy atom. The Hall–Kier alpha value is -1.90. The van der Waals surface area contributed by atoms with Crippen LogP contribution in [0.15, 0.2) is 12.3 Å². The van der Waals surface area contributed by atoms with E-state index < -0.39 is 21.6 Å². The summed E-state index contributed by atoms with van der Waals surface area (Å²) in [6.07, 6.45) is 1.11. The number of rotatable bonds is 5. The fraction of sp³-hybridized carbons (Fsp3) is 0.333. The van der Waals surface area contributed by atoms with Gasteiger partial charge in [0.25, 0.3) is 11.6 Å². The third-order valence-corrected chi connectivity index (χ3v) is 2.72. The van der Waals surface area contributed by atoms with E-state index >= 15 is 0 Å². The van der Waals surface area contributed by atoms with Crippen LogP contribution in [-0.4, -0.2) is 40.3 Å². The maximum absolute atomic E-state index is 11.6. The lowest BCUT2D eigenvalue weighted by Crippen LogP contribution is -2.34. The highest BCUT2D eigenvalue weighted by molar-refractivity contribution is 9.10. The quantitative estimate of drug-likeness (QED) is 0.357. The third kappa shape index (κ3) is 3.55. The number of carbonyl (C=O) groups is 2. The second-order valence-electron chi connectivity index (χ2n) is 3.23. The molecule has 2 N–H and O–H groups in total. The van der Waals surface area contributed by atoms with Gasteiger partial charge in [0.15, 0.2) is 0 Å². The summed E-state index contributed by atoms with van der Waals surface area (Å²) in [4.78, 5) is 34.2. The number of hydrogen-bond acceptors (Lipinski definition) is 5. The van der Waals surface area contributed by atoms with E-state index in [1.165, 1.54) is 7.11 Å². The highest BCUT2D eigenvalue weighted by Crippen LogP contribution is 2.12. The molecule has 0 radical (unpaired) electrons. The molecule has 1 aromatic heterocycles. The van der Waals surface area contributed by atoms with Crippen LogP contribution < -0.4 is 5.32 Å². The standard InChI is InChI=1S/C9H10BrN3O5/c1-18-9(15)6(10)4-12-8(14)7-2-5(3-11-7)13(16)17/h2-3,6,11H,4H2,1H3,(H,12,14). The van der Waals surface area contributed by atoms with Gasteiger partial charge in [0.2, 0.25) is 0 Å². The molecule has 0 saturated carbocycles. The van der Waals surface area contributed by atoms with Crippen LogP contribution in [0, 0.1) is 10.1 Å². The first-order valence-electron chi connectivity index (χ1n) is 4.78. The minimum absolute atomic E-state index is 0.0122. The van der Waals surface area contributed by atoms with Crippen molar-refractivity contribution in [3.05, 3.63) is 28.1 Å². The van der Waals surface area contributed by atoms with Gasteiger partial charge in [-0.25, -0.2) is 0 Å². The maximum Gasteiger partial charge on any atom is 0.321 e. The van der Waals surface area contributed by atoms with E-state index in [0.29, 0.717) is 0 Å². The summed E-state index contributed by atoms with van der Waals surface area (Å²) in [5, 5.41) is 12.8. The van der Waals surface area contributed by atoms with Gasteiger partial charge in [0, 0.05) is 12.6 Å². The number of amides is 1. The molecule has 9 heteroatoms. The number of halogens is 1. The Kier molecular flexibility index (Phi) is 4.84. The molecule has 0 aromatic carbocycles. The topological polar surface area (TPSA) is 114 Å². The van der Waals surface area contributed by atoms with Crippen LogP contribution in [0.25, 0.3) is 0 Å². The minimum Gasteiger partial charge on any atom is -0.468 e. The lowest BCUT2D eigenvalue weighted by Gasteiger charge is -2.08. The van der Waals surface area contributed by atoms with Gasteiger partial charge in [-0.15, -0.1) is 0 Å². The Morgan fingerprint density at radius 2 is 2.33 bits per heavy atom. The molecule has 18 heavy (non-hydrogen) atoms. The van der Waals surface area contributed by atoms with E-state index in [2.05, 4.69) is 31.0 Å². The van der Waals surface area contributed by atoms with Crippen molar-refractivity contribution in [2.75, 3.05) is 13.7 Å². The molecule has 0 spiro atoms. The normalized spacial score (nSPS) is 11.7. The second-order valence-corrected chi connectivity index (χ2v) is 4.33. The summed E-state index contributed by atoms with van der Waals surface area (Å²) < 4.78 is 4.45. The van der Waals surface area contributed by atoms with Crippen molar-refractivity contribution in [2.45, 2.75) is 4.83 Å². The molecule has 0 aliphatic carbocycles. The Balaban J connectivity index is 2.55. The van der Waals surface area contributed by atoms with Crippen molar-refractivity contribution in [2.24, 2.45) is 0 Å². The monoisotopic (exact) mass is 319 g/mol. The summed E-state index contributed by atoms with van der Waals surface area (Å²) in [7, 11) is 1.23.